The molecule has 4 heteroatoms. The van der Waals surface area contributed by atoms with Gasteiger partial charge >= 0.3 is 0 Å². The van der Waals surface area contributed by atoms with Gasteiger partial charge in [0.2, 0.25) is 0 Å². The van der Waals surface area contributed by atoms with Gasteiger partial charge in [-0.2, -0.15) is 0 Å². The van der Waals surface area contributed by atoms with Crippen LogP contribution in [-0.4, -0.2) is 26.5 Å². The van der Waals surface area contributed by atoms with E-state index >= 15 is 0 Å². The Balaban J connectivity index is 1.95. The third-order valence-corrected chi connectivity index (χ3v) is 2.47. The van der Waals surface area contributed by atoms with Crippen molar-refractivity contribution in [1.29, 1.82) is 0 Å². The van der Waals surface area contributed by atoms with Gasteiger partial charge in [0.25, 0.3) is 0 Å². The molecule has 2 rings (SSSR count). The summed E-state index contributed by atoms with van der Waals surface area (Å²) in [6, 6.07) is 8.26. The van der Waals surface area contributed by atoms with Crippen LogP contribution in [0.1, 0.15) is 13.3 Å². The minimum atomic E-state index is 0.343. The topological polar surface area (TPSA) is 33.7 Å². The summed E-state index contributed by atoms with van der Waals surface area (Å²) in [4.78, 5) is 5.38. The fraction of sp³-hybridized carbons (Fsp3) is 0.500. The highest BCUT2D eigenvalue weighted by atomic mass is 16.8. The lowest BCUT2D eigenvalue weighted by atomic mass is 10.2. The van der Waals surface area contributed by atoms with Crippen LogP contribution in [-0.2, 0) is 9.57 Å². The molecule has 1 aliphatic rings. The monoisotopic (exact) mass is 222 g/mol. The van der Waals surface area contributed by atoms with Crippen LogP contribution in [0.25, 0.3) is 0 Å². The number of nitrogens with zero attached hydrogens (tertiary/aromatic N) is 1. The Morgan fingerprint density at radius 2 is 2.12 bits per heavy atom. The van der Waals surface area contributed by atoms with Gasteiger partial charge in [0.05, 0.1) is 18.8 Å². The van der Waals surface area contributed by atoms with Crippen molar-refractivity contribution >= 4 is 11.4 Å². The summed E-state index contributed by atoms with van der Waals surface area (Å²) in [6.45, 7) is 5.00. The summed E-state index contributed by atoms with van der Waals surface area (Å²) in [6.07, 6.45) is 1.13. The van der Waals surface area contributed by atoms with Crippen molar-refractivity contribution in [3.05, 3.63) is 24.3 Å². The second-order valence-corrected chi connectivity index (χ2v) is 3.73. The molecule has 1 N–H and O–H groups in total. The molecule has 88 valence electrons. The smallest absolute Gasteiger partial charge is 0.173 e. The second-order valence-electron chi connectivity index (χ2n) is 3.73. The van der Waals surface area contributed by atoms with E-state index in [0.29, 0.717) is 6.79 Å². The van der Waals surface area contributed by atoms with Crippen LogP contribution in [0.2, 0.25) is 0 Å². The first-order chi connectivity index (χ1) is 7.90. The number of benzene rings is 1. The van der Waals surface area contributed by atoms with Crippen molar-refractivity contribution in [3.8, 4) is 0 Å². The van der Waals surface area contributed by atoms with Gasteiger partial charge in [-0.05, 0) is 30.7 Å². The van der Waals surface area contributed by atoms with E-state index in [2.05, 4.69) is 36.5 Å². The van der Waals surface area contributed by atoms with Gasteiger partial charge < -0.3 is 10.1 Å². The molecule has 0 spiro atoms. The molecule has 16 heavy (non-hydrogen) atoms. The van der Waals surface area contributed by atoms with Gasteiger partial charge in [-0.1, -0.05) is 6.92 Å². The Morgan fingerprint density at radius 1 is 1.31 bits per heavy atom. The number of hydroxylamine groups is 1. The Kier molecular flexibility index (Phi) is 4.02. The Labute approximate surface area is 96.1 Å². The molecular formula is C12H18N2O2. The molecule has 0 saturated carbocycles. The normalized spacial score (nSPS) is 16.2. The predicted octanol–water partition coefficient (Wildman–Crippen LogP) is 2.23. The molecular weight excluding hydrogens is 204 g/mol. The molecule has 4 nitrogen and oxygen atoms in total. The first-order valence-electron chi connectivity index (χ1n) is 5.72. The van der Waals surface area contributed by atoms with Crippen molar-refractivity contribution in [2.75, 3.05) is 36.9 Å². The SMILES string of the molecule is CCCNc1ccc(N2CCOCO2)cc1. The third-order valence-electron chi connectivity index (χ3n) is 2.47. The summed E-state index contributed by atoms with van der Waals surface area (Å²) in [7, 11) is 0. The van der Waals surface area contributed by atoms with Crippen molar-refractivity contribution in [2.24, 2.45) is 0 Å². The molecule has 1 aromatic carbocycles. The van der Waals surface area contributed by atoms with Gasteiger partial charge in [0.15, 0.2) is 6.79 Å². The van der Waals surface area contributed by atoms with Crippen LogP contribution in [0.15, 0.2) is 24.3 Å². The van der Waals surface area contributed by atoms with E-state index in [1.54, 1.807) is 0 Å². The van der Waals surface area contributed by atoms with Crippen LogP contribution in [0.3, 0.4) is 0 Å². The lowest BCUT2D eigenvalue weighted by Crippen LogP contribution is -2.34. The summed E-state index contributed by atoms with van der Waals surface area (Å²) < 4.78 is 5.12. The van der Waals surface area contributed by atoms with E-state index in [1.165, 1.54) is 0 Å². The van der Waals surface area contributed by atoms with Crippen molar-refractivity contribution in [2.45, 2.75) is 13.3 Å². The molecule has 1 fully saturated rings. The highest BCUT2D eigenvalue weighted by Gasteiger charge is 2.11. The van der Waals surface area contributed by atoms with E-state index < -0.39 is 0 Å². The molecule has 0 aliphatic carbocycles. The predicted molar refractivity (Wildman–Crippen MR) is 64.5 cm³/mol. The standard InChI is InChI=1S/C12H18N2O2/c1-2-7-13-11-3-5-12(6-4-11)14-8-9-15-10-16-14/h3-6,13H,2,7-10H2,1H3. The zero-order valence-electron chi connectivity index (χ0n) is 9.61. The van der Waals surface area contributed by atoms with Crippen molar-refractivity contribution in [3.63, 3.8) is 0 Å². The first-order valence-corrected chi connectivity index (χ1v) is 5.72. The summed E-state index contributed by atoms with van der Waals surface area (Å²) in [5, 5.41) is 5.21. The van der Waals surface area contributed by atoms with Gasteiger partial charge in [-0.25, -0.2) is 9.90 Å². The first kappa shape index (κ1) is 11.2. The average molecular weight is 222 g/mol. The molecule has 1 heterocycles. The number of hydrogen-bond acceptors (Lipinski definition) is 4. The minimum absolute atomic E-state index is 0.343. The highest BCUT2D eigenvalue weighted by molar-refractivity contribution is 5.53. The average Bonchev–Trinajstić information content (AvgIpc) is 2.38. The maximum absolute atomic E-state index is 5.38. The molecule has 0 bridgehead atoms. The van der Waals surface area contributed by atoms with E-state index in [0.717, 1.165) is 37.5 Å². The van der Waals surface area contributed by atoms with Crippen LogP contribution in [0.4, 0.5) is 11.4 Å². The molecule has 1 aliphatic heterocycles. The molecule has 0 aromatic heterocycles. The summed E-state index contributed by atoms with van der Waals surface area (Å²) in [5.74, 6) is 0. The van der Waals surface area contributed by atoms with E-state index in [-0.39, 0.29) is 0 Å². The molecule has 0 atom stereocenters. The van der Waals surface area contributed by atoms with Crippen LogP contribution in [0.5, 0.6) is 0 Å². The second kappa shape index (κ2) is 5.72. The number of ether oxygens (including phenoxy) is 1. The maximum atomic E-state index is 5.38. The Morgan fingerprint density at radius 3 is 2.75 bits per heavy atom. The van der Waals surface area contributed by atoms with Crippen LogP contribution < -0.4 is 10.4 Å². The van der Waals surface area contributed by atoms with Crippen molar-refractivity contribution < 1.29 is 9.57 Å². The zero-order valence-corrected chi connectivity index (χ0v) is 9.61. The van der Waals surface area contributed by atoms with Gasteiger partial charge in [-0.15, -0.1) is 0 Å². The van der Waals surface area contributed by atoms with Crippen LogP contribution in [0, 0.1) is 0 Å². The molecule has 0 radical (unpaired) electrons. The van der Waals surface area contributed by atoms with Crippen molar-refractivity contribution in [1.82, 2.24) is 0 Å². The molecule has 0 amide bonds. The molecule has 0 unspecified atom stereocenters. The van der Waals surface area contributed by atoms with Gasteiger partial charge in [0, 0.05) is 12.2 Å². The van der Waals surface area contributed by atoms with E-state index in [1.807, 2.05) is 5.06 Å². The fourth-order valence-electron chi connectivity index (χ4n) is 1.59. The number of nitrogens with one attached hydrogen (secondary N) is 1. The fourth-order valence-corrected chi connectivity index (χ4v) is 1.59. The highest BCUT2D eigenvalue weighted by Crippen LogP contribution is 2.19. The maximum Gasteiger partial charge on any atom is 0.173 e. The summed E-state index contributed by atoms with van der Waals surface area (Å²) in [5.41, 5.74) is 2.23. The Bertz CT molecular complexity index is 307. The van der Waals surface area contributed by atoms with Gasteiger partial charge in [-0.3, -0.25) is 0 Å². The number of anilines is 2. The minimum Gasteiger partial charge on any atom is -0.385 e. The molecule has 1 aromatic rings. The van der Waals surface area contributed by atoms with E-state index in [9.17, 15) is 0 Å². The zero-order chi connectivity index (χ0) is 11.2. The quantitative estimate of drug-likeness (QED) is 0.847. The largest absolute Gasteiger partial charge is 0.385 e. The number of rotatable bonds is 4. The third kappa shape index (κ3) is 2.87. The number of hydrogen-bond donors (Lipinski definition) is 1. The molecule has 1 saturated heterocycles. The lowest BCUT2D eigenvalue weighted by Gasteiger charge is -2.27. The Hall–Kier alpha value is -1.26. The lowest BCUT2D eigenvalue weighted by molar-refractivity contribution is -0.102. The summed E-state index contributed by atoms with van der Waals surface area (Å²) >= 11 is 0. The van der Waals surface area contributed by atoms with Crippen LogP contribution >= 0.6 is 0 Å². The van der Waals surface area contributed by atoms with Gasteiger partial charge in [0.1, 0.15) is 0 Å². The van der Waals surface area contributed by atoms with E-state index in [4.69, 9.17) is 9.57 Å².